The van der Waals surface area contributed by atoms with Gasteiger partial charge in [-0.3, -0.25) is 10.1 Å². The van der Waals surface area contributed by atoms with Crippen molar-refractivity contribution in [2.45, 2.75) is 6.04 Å². The Hall–Kier alpha value is -1.89. The summed E-state index contributed by atoms with van der Waals surface area (Å²) in [6.07, 6.45) is -0.586. The first-order chi connectivity index (χ1) is 7.58. The number of rotatable bonds is 2. The lowest BCUT2D eigenvalue weighted by Crippen LogP contribution is -2.18. The first-order valence-corrected chi connectivity index (χ1v) is 4.45. The molecular weight excluding hydrogens is 255 g/mol. The second kappa shape index (κ2) is 4.96. The number of benzene rings is 1. The summed E-state index contributed by atoms with van der Waals surface area (Å²) in [7, 11) is 0. The zero-order valence-electron chi connectivity index (χ0n) is 8.38. The number of ether oxygens (including phenoxy) is 1. The van der Waals surface area contributed by atoms with E-state index in [2.05, 4.69) is 10.1 Å². The third-order valence-corrected chi connectivity index (χ3v) is 2.24. The summed E-state index contributed by atoms with van der Waals surface area (Å²) >= 11 is 0. The zero-order valence-corrected chi connectivity index (χ0v) is 9.20. The van der Waals surface area contributed by atoms with E-state index in [9.17, 15) is 19.3 Å². The van der Waals surface area contributed by atoms with Gasteiger partial charge >= 0.3 is 11.8 Å². The van der Waals surface area contributed by atoms with Crippen LogP contribution in [0, 0.1) is 15.9 Å². The molecule has 0 aliphatic carbocycles. The van der Waals surface area contributed by atoms with Gasteiger partial charge in [-0.15, -0.1) is 12.4 Å². The molecule has 1 atom stereocenters. The number of alkyl carbamates (subject to hydrolysis) is 1. The molecule has 1 saturated heterocycles. The molecule has 1 aliphatic rings. The molecule has 92 valence electrons. The molecule has 0 radical (unpaired) electrons. The third-order valence-electron chi connectivity index (χ3n) is 2.24. The Morgan fingerprint density at radius 1 is 1.53 bits per heavy atom. The van der Waals surface area contributed by atoms with Crippen molar-refractivity contribution in [3.63, 3.8) is 0 Å². The summed E-state index contributed by atoms with van der Waals surface area (Å²) in [6, 6.07) is 3.00. The van der Waals surface area contributed by atoms with E-state index >= 15 is 0 Å². The van der Waals surface area contributed by atoms with Crippen LogP contribution in [0.15, 0.2) is 18.2 Å². The Balaban J connectivity index is 0.00000144. The maximum absolute atomic E-state index is 13.0. The normalized spacial score (nSPS) is 17.9. The minimum Gasteiger partial charge on any atom is -0.447 e. The van der Waals surface area contributed by atoms with Crippen LogP contribution < -0.4 is 5.32 Å². The minimum absolute atomic E-state index is 0. The van der Waals surface area contributed by atoms with Crippen molar-refractivity contribution >= 4 is 24.2 Å². The number of halogens is 2. The van der Waals surface area contributed by atoms with Crippen molar-refractivity contribution in [1.82, 2.24) is 5.32 Å². The number of carbonyl (C=O) groups excluding carboxylic acids is 1. The van der Waals surface area contributed by atoms with Gasteiger partial charge in [-0.25, -0.2) is 4.79 Å². The van der Waals surface area contributed by atoms with Crippen molar-refractivity contribution < 1.29 is 18.8 Å². The van der Waals surface area contributed by atoms with Gasteiger partial charge in [0.05, 0.1) is 11.0 Å². The van der Waals surface area contributed by atoms with Crippen LogP contribution in [0.4, 0.5) is 14.9 Å². The van der Waals surface area contributed by atoms with Gasteiger partial charge in [0.15, 0.2) is 0 Å². The standard InChI is InChI=1S/C9H7FN2O4.ClH/c10-6-2-1-5(3-8(6)12(14)15)7-4-16-9(13)11-7;/h1-3,7H,4H2,(H,11,13);1H/t7-;/m0./s1. The molecule has 0 saturated carbocycles. The second-order valence-electron chi connectivity index (χ2n) is 3.26. The van der Waals surface area contributed by atoms with Crippen molar-refractivity contribution in [2.24, 2.45) is 0 Å². The summed E-state index contributed by atoms with van der Waals surface area (Å²) in [6.45, 7) is 0.0849. The molecule has 2 rings (SSSR count). The van der Waals surface area contributed by atoms with Crippen LogP contribution in [0.2, 0.25) is 0 Å². The summed E-state index contributed by atoms with van der Waals surface area (Å²) < 4.78 is 17.7. The van der Waals surface area contributed by atoms with Gasteiger partial charge in [0.25, 0.3) is 0 Å². The fraction of sp³-hybridized carbons (Fsp3) is 0.222. The van der Waals surface area contributed by atoms with E-state index < -0.39 is 28.6 Å². The molecule has 1 N–H and O–H groups in total. The van der Waals surface area contributed by atoms with Gasteiger partial charge in [0.1, 0.15) is 6.61 Å². The average Bonchev–Trinajstić information content (AvgIpc) is 2.65. The summed E-state index contributed by atoms with van der Waals surface area (Å²) in [5.41, 5.74) is -0.169. The van der Waals surface area contributed by atoms with Crippen LogP contribution in [0.25, 0.3) is 0 Å². The van der Waals surface area contributed by atoms with Crippen molar-refractivity contribution in [3.05, 3.63) is 39.7 Å². The fourth-order valence-corrected chi connectivity index (χ4v) is 1.45. The molecule has 1 aromatic carbocycles. The Morgan fingerprint density at radius 2 is 2.24 bits per heavy atom. The van der Waals surface area contributed by atoms with Crippen molar-refractivity contribution in [3.8, 4) is 0 Å². The molecule has 1 aliphatic heterocycles. The van der Waals surface area contributed by atoms with E-state index in [1.54, 1.807) is 0 Å². The van der Waals surface area contributed by atoms with Crippen LogP contribution >= 0.6 is 12.4 Å². The predicted octanol–water partition coefficient (Wildman–Crippen LogP) is 1.94. The second-order valence-corrected chi connectivity index (χ2v) is 3.26. The van der Waals surface area contributed by atoms with Crippen molar-refractivity contribution in [1.29, 1.82) is 0 Å². The van der Waals surface area contributed by atoms with Crippen LogP contribution in [0.1, 0.15) is 11.6 Å². The largest absolute Gasteiger partial charge is 0.447 e. The van der Waals surface area contributed by atoms with Crippen LogP contribution in [-0.2, 0) is 4.74 Å². The number of hydrogen-bond donors (Lipinski definition) is 1. The van der Waals surface area contributed by atoms with E-state index in [4.69, 9.17) is 0 Å². The lowest BCUT2D eigenvalue weighted by Gasteiger charge is -2.06. The van der Waals surface area contributed by atoms with E-state index in [1.807, 2.05) is 0 Å². The molecule has 0 unspecified atom stereocenters. The van der Waals surface area contributed by atoms with Gasteiger partial charge in [-0.1, -0.05) is 6.07 Å². The molecule has 17 heavy (non-hydrogen) atoms. The fourth-order valence-electron chi connectivity index (χ4n) is 1.45. The van der Waals surface area contributed by atoms with Gasteiger partial charge in [-0.2, -0.15) is 4.39 Å². The lowest BCUT2D eigenvalue weighted by atomic mass is 10.1. The predicted molar refractivity (Wildman–Crippen MR) is 57.5 cm³/mol. The number of nitrogens with one attached hydrogen (secondary N) is 1. The smallest absolute Gasteiger partial charge is 0.407 e. The zero-order chi connectivity index (χ0) is 11.7. The van der Waals surface area contributed by atoms with Gasteiger partial charge in [-0.05, 0) is 11.6 Å². The molecule has 1 fully saturated rings. The number of nitrogens with zero attached hydrogens (tertiary/aromatic N) is 1. The Bertz CT molecular complexity index is 468. The van der Waals surface area contributed by atoms with Crippen LogP contribution in [0.3, 0.4) is 0 Å². The molecular formula is C9H8ClFN2O4. The Morgan fingerprint density at radius 3 is 2.76 bits per heavy atom. The molecule has 1 heterocycles. The maximum Gasteiger partial charge on any atom is 0.407 e. The quantitative estimate of drug-likeness (QED) is 0.652. The first kappa shape index (κ1) is 13.2. The van der Waals surface area contributed by atoms with Crippen molar-refractivity contribution in [2.75, 3.05) is 6.61 Å². The molecule has 0 spiro atoms. The van der Waals surface area contributed by atoms with Gasteiger partial charge in [0, 0.05) is 6.07 Å². The highest BCUT2D eigenvalue weighted by Gasteiger charge is 2.26. The highest BCUT2D eigenvalue weighted by atomic mass is 35.5. The molecule has 0 aromatic heterocycles. The van der Waals surface area contributed by atoms with E-state index in [0.717, 1.165) is 12.1 Å². The van der Waals surface area contributed by atoms with Crippen LogP contribution in [0.5, 0.6) is 0 Å². The summed E-state index contributed by atoms with van der Waals surface area (Å²) in [5.74, 6) is -0.904. The SMILES string of the molecule is Cl.O=C1N[C@H](c2ccc(F)c([N+](=O)[O-])c2)CO1. The average molecular weight is 263 g/mol. The molecule has 8 heteroatoms. The number of nitro benzene ring substituents is 1. The molecule has 1 amide bonds. The highest BCUT2D eigenvalue weighted by Crippen LogP contribution is 2.24. The monoisotopic (exact) mass is 262 g/mol. The Kier molecular flexibility index (Phi) is 3.84. The Labute approximate surface area is 101 Å². The van der Waals surface area contributed by atoms with Gasteiger partial charge < -0.3 is 10.1 Å². The lowest BCUT2D eigenvalue weighted by molar-refractivity contribution is -0.387. The van der Waals surface area contributed by atoms with E-state index in [0.29, 0.717) is 5.56 Å². The number of amides is 1. The highest BCUT2D eigenvalue weighted by molar-refractivity contribution is 5.85. The number of hydrogen-bond acceptors (Lipinski definition) is 4. The summed E-state index contributed by atoms with van der Waals surface area (Å²) in [5, 5.41) is 12.9. The molecule has 1 aromatic rings. The number of cyclic esters (lactones) is 1. The molecule has 0 bridgehead atoms. The topological polar surface area (TPSA) is 81.5 Å². The van der Waals surface area contributed by atoms with E-state index in [-0.39, 0.29) is 19.0 Å². The first-order valence-electron chi connectivity index (χ1n) is 4.45. The van der Waals surface area contributed by atoms with E-state index in [1.165, 1.54) is 6.07 Å². The summed E-state index contributed by atoms with van der Waals surface area (Å²) in [4.78, 5) is 20.5. The number of carbonyl (C=O) groups is 1. The molecule has 6 nitrogen and oxygen atoms in total. The number of nitro groups is 1. The third kappa shape index (κ3) is 2.62. The van der Waals surface area contributed by atoms with Crippen LogP contribution in [-0.4, -0.2) is 17.6 Å². The van der Waals surface area contributed by atoms with Gasteiger partial charge in [0.2, 0.25) is 5.82 Å². The maximum atomic E-state index is 13.0. The minimum atomic E-state index is -0.904.